The van der Waals surface area contributed by atoms with Gasteiger partial charge in [0, 0.05) is 33.2 Å². The van der Waals surface area contributed by atoms with Crippen LogP contribution < -0.4 is 15.4 Å². The highest BCUT2D eigenvalue weighted by molar-refractivity contribution is 5.79. The Kier molecular flexibility index (Phi) is 8.53. The van der Waals surface area contributed by atoms with Crippen LogP contribution in [0.15, 0.2) is 53.5 Å². The first-order valence-electron chi connectivity index (χ1n) is 10.7. The lowest BCUT2D eigenvalue weighted by atomic mass is 10.1. The molecule has 6 nitrogen and oxygen atoms in total. The Bertz CT molecular complexity index is 818. The third kappa shape index (κ3) is 7.04. The van der Waals surface area contributed by atoms with E-state index >= 15 is 0 Å². The van der Waals surface area contributed by atoms with E-state index in [0.717, 1.165) is 56.7 Å². The second-order valence-corrected chi connectivity index (χ2v) is 7.71. The van der Waals surface area contributed by atoms with Crippen LogP contribution in [0.25, 0.3) is 0 Å². The van der Waals surface area contributed by atoms with E-state index in [1.807, 2.05) is 18.2 Å². The van der Waals surface area contributed by atoms with Crippen LogP contribution >= 0.6 is 0 Å². The molecule has 162 valence electrons. The average molecular weight is 411 g/mol. The molecule has 6 heteroatoms. The van der Waals surface area contributed by atoms with Crippen LogP contribution in [-0.4, -0.2) is 56.9 Å². The number of hydrogen-bond acceptors (Lipinski definition) is 4. The molecule has 30 heavy (non-hydrogen) atoms. The van der Waals surface area contributed by atoms with E-state index in [4.69, 9.17) is 9.47 Å². The van der Waals surface area contributed by atoms with Gasteiger partial charge >= 0.3 is 0 Å². The first-order valence-corrected chi connectivity index (χ1v) is 10.7. The number of aryl methyl sites for hydroxylation is 1. The number of rotatable bonds is 8. The van der Waals surface area contributed by atoms with E-state index in [0.29, 0.717) is 6.54 Å². The van der Waals surface area contributed by atoms with Crippen molar-refractivity contribution in [2.75, 3.05) is 39.9 Å². The number of benzene rings is 2. The topological polar surface area (TPSA) is 58.1 Å². The van der Waals surface area contributed by atoms with Crippen LogP contribution in [0.1, 0.15) is 23.6 Å². The quantitative estimate of drug-likeness (QED) is 0.518. The molecule has 2 aromatic rings. The fourth-order valence-electron chi connectivity index (χ4n) is 3.45. The van der Waals surface area contributed by atoms with Gasteiger partial charge < -0.3 is 20.1 Å². The molecular formula is C24H34N4O2. The summed E-state index contributed by atoms with van der Waals surface area (Å²) in [5, 5.41) is 6.75. The molecule has 0 spiro atoms. The Labute approximate surface area is 180 Å². The van der Waals surface area contributed by atoms with Crippen LogP contribution in [0.3, 0.4) is 0 Å². The van der Waals surface area contributed by atoms with Crippen LogP contribution in [0.2, 0.25) is 0 Å². The minimum atomic E-state index is 0.0292. The molecule has 0 aromatic heterocycles. The van der Waals surface area contributed by atoms with Crippen molar-refractivity contribution in [2.24, 2.45) is 4.99 Å². The Morgan fingerprint density at radius 2 is 1.87 bits per heavy atom. The molecule has 0 radical (unpaired) electrons. The summed E-state index contributed by atoms with van der Waals surface area (Å²) >= 11 is 0. The normalized spacial score (nSPS) is 16.2. The minimum absolute atomic E-state index is 0.0292. The van der Waals surface area contributed by atoms with Crippen molar-refractivity contribution in [3.63, 3.8) is 0 Å². The van der Waals surface area contributed by atoms with Crippen LogP contribution in [-0.2, 0) is 17.8 Å². The predicted molar refractivity (Wildman–Crippen MR) is 122 cm³/mol. The maximum atomic E-state index is 6.03. The lowest BCUT2D eigenvalue weighted by Crippen LogP contribution is -2.41. The number of guanidine groups is 1. The molecule has 1 heterocycles. The van der Waals surface area contributed by atoms with Gasteiger partial charge in [-0.25, -0.2) is 0 Å². The highest BCUT2D eigenvalue weighted by Crippen LogP contribution is 2.17. The SMILES string of the molecule is CN=C(NCc1cccc(CN2CCOCC2)c1)NCC(C)Oc1ccccc1C. The van der Waals surface area contributed by atoms with Crippen molar-refractivity contribution in [3.05, 3.63) is 65.2 Å². The molecule has 0 saturated carbocycles. The average Bonchev–Trinajstić information content (AvgIpc) is 2.76. The maximum Gasteiger partial charge on any atom is 0.191 e. The van der Waals surface area contributed by atoms with E-state index < -0.39 is 0 Å². The van der Waals surface area contributed by atoms with Crippen molar-refractivity contribution >= 4 is 5.96 Å². The number of hydrogen-bond donors (Lipinski definition) is 2. The molecule has 2 aromatic carbocycles. The second-order valence-electron chi connectivity index (χ2n) is 7.71. The molecule has 2 N–H and O–H groups in total. The zero-order chi connectivity index (χ0) is 21.2. The Morgan fingerprint density at radius 3 is 2.63 bits per heavy atom. The predicted octanol–water partition coefficient (Wildman–Crippen LogP) is 2.96. The van der Waals surface area contributed by atoms with E-state index in [-0.39, 0.29) is 6.10 Å². The fourth-order valence-corrected chi connectivity index (χ4v) is 3.45. The smallest absolute Gasteiger partial charge is 0.191 e. The maximum absolute atomic E-state index is 6.03. The lowest BCUT2D eigenvalue weighted by molar-refractivity contribution is 0.0342. The Hall–Kier alpha value is -2.57. The van der Waals surface area contributed by atoms with Gasteiger partial charge in [-0.2, -0.15) is 0 Å². The zero-order valence-electron chi connectivity index (χ0n) is 18.4. The largest absolute Gasteiger partial charge is 0.489 e. The van der Waals surface area contributed by atoms with Gasteiger partial charge in [0.25, 0.3) is 0 Å². The van der Waals surface area contributed by atoms with Crippen LogP contribution in [0, 0.1) is 6.92 Å². The van der Waals surface area contributed by atoms with Crippen molar-refractivity contribution in [3.8, 4) is 5.75 Å². The van der Waals surface area contributed by atoms with E-state index in [1.54, 1.807) is 7.05 Å². The summed E-state index contributed by atoms with van der Waals surface area (Å²) in [6.45, 7) is 10.1. The third-order valence-electron chi connectivity index (χ3n) is 5.16. The van der Waals surface area contributed by atoms with Crippen molar-refractivity contribution in [2.45, 2.75) is 33.0 Å². The summed E-state index contributed by atoms with van der Waals surface area (Å²) in [6.07, 6.45) is 0.0292. The van der Waals surface area contributed by atoms with Crippen molar-refractivity contribution in [1.29, 1.82) is 0 Å². The molecule has 1 atom stereocenters. The Morgan fingerprint density at radius 1 is 1.10 bits per heavy atom. The van der Waals surface area contributed by atoms with Crippen molar-refractivity contribution in [1.82, 2.24) is 15.5 Å². The highest BCUT2D eigenvalue weighted by Gasteiger charge is 2.11. The van der Waals surface area contributed by atoms with Gasteiger partial charge in [-0.1, -0.05) is 42.5 Å². The summed E-state index contributed by atoms with van der Waals surface area (Å²) in [6, 6.07) is 16.8. The summed E-state index contributed by atoms with van der Waals surface area (Å²) in [4.78, 5) is 6.77. The summed E-state index contributed by atoms with van der Waals surface area (Å²) in [5.74, 6) is 1.70. The minimum Gasteiger partial charge on any atom is -0.489 e. The monoisotopic (exact) mass is 410 g/mol. The number of ether oxygens (including phenoxy) is 2. The van der Waals surface area contributed by atoms with Gasteiger partial charge in [0.05, 0.1) is 19.8 Å². The third-order valence-corrected chi connectivity index (χ3v) is 5.16. The van der Waals surface area contributed by atoms with E-state index in [2.05, 4.69) is 64.7 Å². The summed E-state index contributed by atoms with van der Waals surface area (Å²) < 4.78 is 11.5. The molecule has 3 rings (SSSR count). The van der Waals surface area contributed by atoms with E-state index in [9.17, 15) is 0 Å². The fraction of sp³-hybridized carbons (Fsp3) is 0.458. The number of morpholine rings is 1. The first kappa shape index (κ1) is 22.1. The molecule has 0 aliphatic carbocycles. The van der Waals surface area contributed by atoms with Gasteiger partial charge in [-0.15, -0.1) is 0 Å². The molecule has 1 aliphatic heterocycles. The standard InChI is InChI=1S/C24H34N4O2/c1-19-7-4-5-10-23(19)30-20(2)16-26-24(25-3)27-17-21-8-6-9-22(15-21)18-28-11-13-29-14-12-28/h4-10,15,20H,11-14,16-18H2,1-3H3,(H2,25,26,27). The second kappa shape index (κ2) is 11.6. The molecule has 1 saturated heterocycles. The Balaban J connectivity index is 1.44. The number of nitrogens with zero attached hydrogens (tertiary/aromatic N) is 2. The van der Waals surface area contributed by atoms with Gasteiger partial charge in [0.15, 0.2) is 5.96 Å². The summed E-state index contributed by atoms with van der Waals surface area (Å²) in [5.41, 5.74) is 3.72. The molecule has 0 bridgehead atoms. The molecule has 0 amide bonds. The highest BCUT2D eigenvalue weighted by atomic mass is 16.5. The van der Waals surface area contributed by atoms with Crippen LogP contribution in [0.5, 0.6) is 5.75 Å². The number of aliphatic imine (C=N–C) groups is 1. The van der Waals surface area contributed by atoms with Crippen LogP contribution in [0.4, 0.5) is 0 Å². The number of nitrogens with one attached hydrogen (secondary N) is 2. The summed E-state index contributed by atoms with van der Waals surface area (Å²) in [7, 11) is 1.79. The zero-order valence-corrected chi connectivity index (χ0v) is 18.4. The molecule has 1 unspecified atom stereocenters. The first-order chi connectivity index (χ1) is 14.6. The lowest BCUT2D eigenvalue weighted by Gasteiger charge is -2.26. The van der Waals surface area contributed by atoms with Gasteiger partial charge in [0.2, 0.25) is 0 Å². The molecular weight excluding hydrogens is 376 g/mol. The number of para-hydroxylation sites is 1. The molecule has 1 fully saturated rings. The molecule has 1 aliphatic rings. The van der Waals surface area contributed by atoms with Gasteiger partial charge in [-0.3, -0.25) is 9.89 Å². The van der Waals surface area contributed by atoms with Gasteiger partial charge in [-0.05, 0) is 36.6 Å². The van der Waals surface area contributed by atoms with E-state index in [1.165, 1.54) is 11.1 Å². The van der Waals surface area contributed by atoms with Gasteiger partial charge in [0.1, 0.15) is 11.9 Å². The van der Waals surface area contributed by atoms with Crippen molar-refractivity contribution < 1.29 is 9.47 Å².